The van der Waals surface area contributed by atoms with Gasteiger partial charge in [0, 0.05) is 6.61 Å². The molecule has 0 bridgehead atoms. The first-order valence-electron chi connectivity index (χ1n) is 5.06. The molecule has 15 heavy (non-hydrogen) atoms. The SMILES string of the molecule is CCOC(C)C(=O)OCc1ccccc1. The van der Waals surface area contributed by atoms with Crippen molar-refractivity contribution in [3.05, 3.63) is 35.9 Å². The molecule has 82 valence electrons. The molecule has 0 amide bonds. The van der Waals surface area contributed by atoms with Crippen LogP contribution in [0.4, 0.5) is 0 Å². The number of carbonyl (C=O) groups excluding carboxylic acids is 1. The zero-order valence-corrected chi connectivity index (χ0v) is 9.10. The van der Waals surface area contributed by atoms with E-state index in [-0.39, 0.29) is 5.97 Å². The predicted octanol–water partition coefficient (Wildman–Crippen LogP) is 2.15. The Labute approximate surface area is 90.0 Å². The van der Waals surface area contributed by atoms with Gasteiger partial charge in [-0.25, -0.2) is 4.79 Å². The van der Waals surface area contributed by atoms with Gasteiger partial charge in [-0.1, -0.05) is 30.3 Å². The lowest BCUT2D eigenvalue weighted by Gasteiger charge is -2.11. The molecule has 0 aliphatic carbocycles. The summed E-state index contributed by atoms with van der Waals surface area (Å²) in [4.78, 5) is 11.4. The quantitative estimate of drug-likeness (QED) is 0.695. The van der Waals surface area contributed by atoms with Gasteiger partial charge >= 0.3 is 5.97 Å². The lowest BCUT2D eigenvalue weighted by Crippen LogP contribution is -2.23. The molecule has 1 unspecified atom stereocenters. The van der Waals surface area contributed by atoms with Crippen LogP contribution in [0.15, 0.2) is 30.3 Å². The minimum Gasteiger partial charge on any atom is -0.459 e. The van der Waals surface area contributed by atoms with Gasteiger partial charge in [-0.05, 0) is 19.4 Å². The number of ether oxygens (including phenoxy) is 2. The molecule has 0 saturated carbocycles. The van der Waals surface area contributed by atoms with E-state index in [1.54, 1.807) is 6.92 Å². The van der Waals surface area contributed by atoms with Crippen LogP contribution in [0.3, 0.4) is 0 Å². The van der Waals surface area contributed by atoms with Crippen molar-refractivity contribution in [2.24, 2.45) is 0 Å². The Morgan fingerprint density at radius 1 is 1.33 bits per heavy atom. The second-order valence-corrected chi connectivity index (χ2v) is 3.19. The van der Waals surface area contributed by atoms with Gasteiger partial charge in [-0.3, -0.25) is 0 Å². The fraction of sp³-hybridized carbons (Fsp3) is 0.417. The molecule has 0 radical (unpaired) electrons. The summed E-state index contributed by atoms with van der Waals surface area (Å²) in [6, 6.07) is 9.58. The highest BCUT2D eigenvalue weighted by molar-refractivity contribution is 5.74. The Kier molecular flexibility index (Phi) is 4.84. The Morgan fingerprint density at radius 2 is 2.00 bits per heavy atom. The fourth-order valence-corrected chi connectivity index (χ4v) is 1.16. The molecule has 3 heteroatoms. The van der Waals surface area contributed by atoms with Crippen LogP contribution in [0, 0.1) is 0 Å². The van der Waals surface area contributed by atoms with E-state index in [1.165, 1.54) is 0 Å². The largest absolute Gasteiger partial charge is 0.459 e. The molecule has 1 aromatic rings. The summed E-state index contributed by atoms with van der Waals surface area (Å²) in [5.41, 5.74) is 0.981. The first-order chi connectivity index (χ1) is 7.24. The number of carbonyl (C=O) groups is 1. The van der Waals surface area contributed by atoms with Crippen LogP contribution in [0.1, 0.15) is 19.4 Å². The highest BCUT2D eigenvalue weighted by Crippen LogP contribution is 2.02. The van der Waals surface area contributed by atoms with Gasteiger partial charge in [0.05, 0.1) is 0 Å². The van der Waals surface area contributed by atoms with Crippen molar-refractivity contribution in [3.8, 4) is 0 Å². The zero-order chi connectivity index (χ0) is 11.1. The smallest absolute Gasteiger partial charge is 0.335 e. The third kappa shape index (κ3) is 4.13. The first kappa shape index (κ1) is 11.7. The Bertz CT molecular complexity index is 295. The number of benzene rings is 1. The van der Waals surface area contributed by atoms with Gasteiger partial charge in [0.15, 0.2) is 6.10 Å². The molecular weight excluding hydrogens is 192 g/mol. The maximum absolute atomic E-state index is 11.4. The first-order valence-corrected chi connectivity index (χ1v) is 5.06. The van der Waals surface area contributed by atoms with Crippen LogP contribution in [0.25, 0.3) is 0 Å². The molecular formula is C12H16O3. The monoisotopic (exact) mass is 208 g/mol. The number of hydrogen-bond donors (Lipinski definition) is 0. The van der Waals surface area contributed by atoms with Crippen LogP contribution in [-0.4, -0.2) is 18.7 Å². The van der Waals surface area contributed by atoms with Crippen molar-refractivity contribution in [1.29, 1.82) is 0 Å². The molecule has 0 aromatic heterocycles. The van der Waals surface area contributed by atoms with E-state index < -0.39 is 6.10 Å². The number of hydrogen-bond acceptors (Lipinski definition) is 3. The van der Waals surface area contributed by atoms with Crippen LogP contribution in [0.2, 0.25) is 0 Å². The molecule has 0 fully saturated rings. The maximum atomic E-state index is 11.4. The molecule has 0 N–H and O–H groups in total. The van der Waals surface area contributed by atoms with Gasteiger partial charge in [0.2, 0.25) is 0 Å². The summed E-state index contributed by atoms with van der Waals surface area (Å²) in [5, 5.41) is 0. The van der Waals surface area contributed by atoms with Crippen molar-refractivity contribution in [3.63, 3.8) is 0 Å². The summed E-state index contributed by atoms with van der Waals surface area (Å²) in [6.07, 6.45) is -0.487. The van der Waals surface area contributed by atoms with Gasteiger partial charge in [0.1, 0.15) is 6.61 Å². The molecule has 1 atom stereocenters. The molecule has 1 rings (SSSR count). The molecule has 0 heterocycles. The Balaban J connectivity index is 2.34. The second kappa shape index (κ2) is 6.19. The van der Waals surface area contributed by atoms with E-state index in [2.05, 4.69) is 0 Å². The van der Waals surface area contributed by atoms with Gasteiger partial charge in [0.25, 0.3) is 0 Å². The normalized spacial score (nSPS) is 12.1. The van der Waals surface area contributed by atoms with E-state index in [4.69, 9.17) is 9.47 Å². The lowest BCUT2D eigenvalue weighted by atomic mass is 10.2. The van der Waals surface area contributed by atoms with E-state index >= 15 is 0 Å². The zero-order valence-electron chi connectivity index (χ0n) is 9.10. The predicted molar refractivity (Wildman–Crippen MR) is 57.3 cm³/mol. The van der Waals surface area contributed by atoms with E-state index in [0.29, 0.717) is 13.2 Å². The highest BCUT2D eigenvalue weighted by atomic mass is 16.6. The summed E-state index contributed by atoms with van der Waals surface area (Å²) < 4.78 is 10.2. The molecule has 1 aromatic carbocycles. The van der Waals surface area contributed by atoms with Crippen LogP contribution >= 0.6 is 0 Å². The van der Waals surface area contributed by atoms with Crippen LogP contribution in [-0.2, 0) is 20.9 Å². The summed E-state index contributed by atoms with van der Waals surface area (Å²) in [7, 11) is 0. The van der Waals surface area contributed by atoms with E-state index in [9.17, 15) is 4.79 Å². The summed E-state index contributed by atoms with van der Waals surface area (Å²) in [5.74, 6) is -0.319. The molecule has 0 spiro atoms. The third-order valence-corrected chi connectivity index (χ3v) is 1.97. The number of rotatable bonds is 5. The average molecular weight is 208 g/mol. The standard InChI is InChI=1S/C12H16O3/c1-3-14-10(2)12(13)15-9-11-7-5-4-6-8-11/h4-8,10H,3,9H2,1-2H3. The van der Waals surface area contributed by atoms with Crippen molar-refractivity contribution in [2.75, 3.05) is 6.61 Å². The average Bonchev–Trinajstić information content (AvgIpc) is 2.27. The molecule has 3 nitrogen and oxygen atoms in total. The van der Waals surface area contributed by atoms with Crippen LogP contribution in [0.5, 0.6) is 0 Å². The minimum absolute atomic E-state index is 0.303. The topological polar surface area (TPSA) is 35.5 Å². The van der Waals surface area contributed by atoms with E-state index in [1.807, 2.05) is 37.3 Å². The minimum atomic E-state index is -0.487. The van der Waals surface area contributed by atoms with Crippen molar-refractivity contribution >= 4 is 5.97 Å². The summed E-state index contributed by atoms with van der Waals surface area (Å²) >= 11 is 0. The lowest BCUT2D eigenvalue weighted by molar-refractivity contribution is -0.157. The maximum Gasteiger partial charge on any atom is 0.335 e. The van der Waals surface area contributed by atoms with Crippen molar-refractivity contribution < 1.29 is 14.3 Å². The Hall–Kier alpha value is -1.35. The molecule has 0 aliphatic rings. The van der Waals surface area contributed by atoms with Crippen molar-refractivity contribution in [2.45, 2.75) is 26.6 Å². The van der Waals surface area contributed by atoms with Gasteiger partial charge in [-0.2, -0.15) is 0 Å². The van der Waals surface area contributed by atoms with Gasteiger partial charge in [-0.15, -0.1) is 0 Å². The fourth-order valence-electron chi connectivity index (χ4n) is 1.16. The third-order valence-electron chi connectivity index (χ3n) is 1.97. The number of esters is 1. The van der Waals surface area contributed by atoms with Crippen LogP contribution < -0.4 is 0 Å². The molecule has 0 saturated heterocycles. The van der Waals surface area contributed by atoms with Gasteiger partial charge < -0.3 is 9.47 Å². The highest BCUT2D eigenvalue weighted by Gasteiger charge is 2.13. The van der Waals surface area contributed by atoms with Crippen molar-refractivity contribution in [1.82, 2.24) is 0 Å². The Morgan fingerprint density at radius 3 is 2.60 bits per heavy atom. The summed E-state index contributed by atoms with van der Waals surface area (Å²) in [6.45, 7) is 4.36. The van der Waals surface area contributed by atoms with E-state index in [0.717, 1.165) is 5.56 Å². The molecule has 0 aliphatic heterocycles. The second-order valence-electron chi connectivity index (χ2n) is 3.19.